The lowest BCUT2D eigenvalue weighted by molar-refractivity contribution is -0.384. The Labute approximate surface area is 165 Å². The van der Waals surface area contributed by atoms with Crippen LogP contribution in [-0.4, -0.2) is 30.1 Å². The molecule has 1 aromatic heterocycles. The zero-order chi connectivity index (χ0) is 21.1. The summed E-state index contributed by atoms with van der Waals surface area (Å²) in [5.41, 5.74) is 1.94. The van der Waals surface area contributed by atoms with Gasteiger partial charge < -0.3 is 14.2 Å². The molecule has 8 nitrogen and oxygen atoms in total. The number of benzene rings is 2. The van der Waals surface area contributed by atoms with E-state index < -0.39 is 10.9 Å². The van der Waals surface area contributed by atoms with Gasteiger partial charge in [0.2, 0.25) is 0 Å². The smallest absolute Gasteiger partial charge is 0.338 e. The zero-order valence-electron chi connectivity index (χ0n) is 16.0. The van der Waals surface area contributed by atoms with Crippen LogP contribution in [0.15, 0.2) is 47.0 Å². The first-order valence-corrected chi connectivity index (χ1v) is 8.62. The number of aromatic nitrogens is 1. The molecule has 0 spiro atoms. The highest BCUT2D eigenvalue weighted by Gasteiger charge is 2.21. The molecule has 0 N–H and O–H groups in total. The van der Waals surface area contributed by atoms with Crippen molar-refractivity contribution in [2.24, 2.45) is 0 Å². The van der Waals surface area contributed by atoms with Gasteiger partial charge in [-0.3, -0.25) is 10.1 Å². The third-order valence-electron chi connectivity index (χ3n) is 4.36. The van der Waals surface area contributed by atoms with Crippen LogP contribution in [0.4, 0.5) is 15.8 Å². The Balaban J connectivity index is 1.75. The third-order valence-corrected chi connectivity index (χ3v) is 4.36. The Hall–Kier alpha value is -3.75. The van der Waals surface area contributed by atoms with Crippen molar-refractivity contribution in [3.05, 3.63) is 75.2 Å². The van der Waals surface area contributed by atoms with Crippen molar-refractivity contribution in [3.8, 4) is 11.3 Å². The maximum absolute atomic E-state index is 13.1. The molecule has 0 radical (unpaired) electrons. The van der Waals surface area contributed by atoms with Crippen molar-refractivity contribution in [3.63, 3.8) is 0 Å². The average Bonchev–Trinajstić information content (AvgIpc) is 3.06. The Kier molecular flexibility index (Phi) is 5.58. The molecule has 0 saturated carbocycles. The summed E-state index contributed by atoms with van der Waals surface area (Å²) in [7, 11) is 3.35. The first-order valence-electron chi connectivity index (χ1n) is 8.62. The van der Waals surface area contributed by atoms with E-state index in [0.717, 1.165) is 0 Å². The highest BCUT2D eigenvalue weighted by Crippen LogP contribution is 2.29. The van der Waals surface area contributed by atoms with Gasteiger partial charge in [0.1, 0.15) is 23.8 Å². The molecule has 9 heteroatoms. The summed E-state index contributed by atoms with van der Waals surface area (Å²) in [5, 5.41) is 15.2. The van der Waals surface area contributed by atoms with Crippen molar-refractivity contribution >= 4 is 17.3 Å². The van der Waals surface area contributed by atoms with Crippen LogP contribution in [0, 0.1) is 22.9 Å². The predicted molar refractivity (Wildman–Crippen MR) is 103 cm³/mol. The van der Waals surface area contributed by atoms with Gasteiger partial charge in [-0.25, -0.2) is 9.18 Å². The topological polar surface area (TPSA) is 98.7 Å². The minimum Gasteiger partial charge on any atom is -0.455 e. The normalized spacial score (nSPS) is 10.6. The fraction of sp³-hybridized carbons (Fsp3) is 0.200. The van der Waals surface area contributed by atoms with E-state index in [0.29, 0.717) is 28.3 Å². The molecule has 0 unspecified atom stereocenters. The largest absolute Gasteiger partial charge is 0.455 e. The molecular formula is C20H18FN3O5. The molecule has 0 aliphatic heterocycles. The van der Waals surface area contributed by atoms with Crippen molar-refractivity contribution in [2.45, 2.75) is 13.5 Å². The number of halogens is 1. The molecule has 0 saturated heterocycles. The summed E-state index contributed by atoms with van der Waals surface area (Å²) in [6, 6.07) is 9.86. The number of nitro groups is 1. The van der Waals surface area contributed by atoms with Crippen LogP contribution in [0.1, 0.15) is 21.6 Å². The highest BCUT2D eigenvalue weighted by atomic mass is 19.1. The number of ether oxygens (including phenoxy) is 1. The van der Waals surface area contributed by atoms with E-state index in [2.05, 4.69) is 5.16 Å². The summed E-state index contributed by atoms with van der Waals surface area (Å²) in [6.45, 7) is 1.58. The fourth-order valence-electron chi connectivity index (χ4n) is 2.77. The molecule has 0 fully saturated rings. The number of hydrogen-bond acceptors (Lipinski definition) is 7. The summed E-state index contributed by atoms with van der Waals surface area (Å²) < 4.78 is 23.6. The predicted octanol–water partition coefficient (Wildman–Crippen LogP) is 4.12. The lowest BCUT2D eigenvalue weighted by Crippen LogP contribution is -2.12. The lowest BCUT2D eigenvalue weighted by atomic mass is 10.1. The second-order valence-corrected chi connectivity index (χ2v) is 6.52. The highest BCUT2D eigenvalue weighted by molar-refractivity contribution is 5.91. The second-order valence-electron chi connectivity index (χ2n) is 6.52. The summed E-state index contributed by atoms with van der Waals surface area (Å²) in [5.74, 6) is -0.638. The van der Waals surface area contributed by atoms with Crippen molar-refractivity contribution in [1.29, 1.82) is 0 Å². The van der Waals surface area contributed by atoms with Crippen LogP contribution in [0.5, 0.6) is 0 Å². The molecule has 2 aromatic carbocycles. The second kappa shape index (κ2) is 8.09. The Morgan fingerprint density at radius 2 is 1.93 bits per heavy atom. The van der Waals surface area contributed by atoms with Gasteiger partial charge in [0.25, 0.3) is 5.69 Å². The average molecular weight is 399 g/mol. The van der Waals surface area contributed by atoms with Crippen molar-refractivity contribution in [2.75, 3.05) is 19.0 Å². The van der Waals surface area contributed by atoms with Gasteiger partial charge in [-0.1, -0.05) is 5.16 Å². The van der Waals surface area contributed by atoms with Gasteiger partial charge in [0.15, 0.2) is 5.76 Å². The molecule has 0 atom stereocenters. The van der Waals surface area contributed by atoms with Gasteiger partial charge in [0.05, 0.1) is 10.5 Å². The molecule has 0 amide bonds. The van der Waals surface area contributed by atoms with Crippen molar-refractivity contribution in [1.82, 2.24) is 5.16 Å². The van der Waals surface area contributed by atoms with Gasteiger partial charge >= 0.3 is 5.97 Å². The minimum atomic E-state index is -0.718. The summed E-state index contributed by atoms with van der Waals surface area (Å²) >= 11 is 0. The van der Waals surface area contributed by atoms with Crippen LogP contribution in [0.25, 0.3) is 11.3 Å². The molecule has 0 aliphatic carbocycles. The number of nitrogens with zero attached hydrogens (tertiary/aromatic N) is 3. The van der Waals surface area contributed by atoms with E-state index in [1.165, 1.54) is 30.3 Å². The molecular weight excluding hydrogens is 381 g/mol. The molecule has 3 aromatic rings. The maximum atomic E-state index is 13.1. The number of anilines is 1. The van der Waals surface area contributed by atoms with E-state index in [4.69, 9.17) is 9.26 Å². The molecule has 150 valence electrons. The fourth-order valence-corrected chi connectivity index (χ4v) is 2.77. The molecule has 1 heterocycles. The first kappa shape index (κ1) is 20.0. The number of nitro benzene ring substituents is 1. The van der Waals surface area contributed by atoms with Gasteiger partial charge in [-0.15, -0.1) is 0 Å². The number of hydrogen-bond donors (Lipinski definition) is 0. The zero-order valence-corrected chi connectivity index (χ0v) is 16.0. The van der Waals surface area contributed by atoms with E-state index >= 15 is 0 Å². The van der Waals surface area contributed by atoms with Crippen LogP contribution in [-0.2, 0) is 11.3 Å². The van der Waals surface area contributed by atoms with Crippen LogP contribution < -0.4 is 4.90 Å². The first-order chi connectivity index (χ1) is 13.8. The van der Waals surface area contributed by atoms with Crippen LogP contribution >= 0.6 is 0 Å². The van der Waals surface area contributed by atoms with Crippen LogP contribution in [0.2, 0.25) is 0 Å². The Morgan fingerprint density at radius 3 is 2.55 bits per heavy atom. The third kappa shape index (κ3) is 4.23. The molecule has 29 heavy (non-hydrogen) atoms. The lowest BCUT2D eigenvalue weighted by Gasteiger charge is -2.13. The monoisotopic (exact) mass is 399 g/mol. The SMILES string of the molecule is Cc1c(COC(=O)c2ccc(N(C)C)c([N+](=O)[O-])c2)noc1-c1ccc(F)cc1. The number of rotatable bonds is 6. The number of carbonyl (C=O) groups is 1. The Morgan fingerprint density at radius 1 is 1.24 bits per heavy atom. The van der Waals surface area contributed by atoms with Crippen molar-refractivity contribution < 1.29 is 23.4 Å². The van der Waals surface area contributed by atoms with E-state index in [9.17, 15) is 19.3 Å². The van der Waals surface area contributed by atoms with Gasteiger partial charge in [-0.05, 0) is 43.3 Å². The number of carbonyl (C=O) groups excluding carboxylic acids is 1. The maximum Gasteiger partial charge on any atom is 0.338 e. The molecule has 0 bridgehead atoms. The van der Waals surface area contributed by atoms with Crippen LogP contribution in [0.3, 0.4) is 0 Å². The van der Waals surface area contributed by atoms with E-state index in [1.54, 1.807) is 38.1 Å². The Bertz CT molecular complexity index is 1060. The minimum absolute atomic E-state index is 0.0576. The summed E-state index contributed by atoms with van der Waals surface area (Å²) in [4.78, 5) is 24.6. The number of esters is 1. The summed E-state index contributed by atoms with van der Waals surface area (Å²) in [6.07, 6.45) is 0. The quantitative estimate of drug-likeness (QED) is 0.349. The van der Waals surface area contributed by atoms with E-state index in [-0.39, 0.29) is 23.7 Å². The standard InChI is InChI=1S/C20H18FN3O5/c1-12-16(22-29-19(12)13-4-7-15(21)8-5-13)11-28-20(25)14-6-9-17(23(2)3)18(10-14)24(26)27/h4-10H,11H2,1-3H3. The van der Waals surface area contributed by atoms with Gasteiger partial charge in [0, 0.05) is 31.3 Å². The van der Waals surface area contributed by atoms with E-state index in [1.807, 2.05) is 0 Å². The molecule has 0 aliphatic rings. The van der Waals surface area contributed by atoms with Gasteiger partial charge in [-0.2, -0.15) is 0 Å². The molecule has 3 rings (SSSR count).